The highest BCUT2D eigenvalue weighted by molar-refractivity contribution is 5.73. The summed E-state index contributed by atoms with van der Waals surface area (Å²) in [5, 5.41) is 12.2. The van der Waals surface area contributed by atoms with E-state index in [1.165, 1.54) is 19.3 Å². The van der Waals surface area contributed by atoms with Crippen molar-refractivity contribution in [2.24, 2.45) is 5.41 Å². The van der Waals surface area contributed by atoms with E-state index in [-0.39, 0.29) is 6.04 Å². The normalized spacial score (nSPS) is 19.9. The summed E-state index contributed by atoms with van der Waals surface area (Å²) < 4.78 is 0. The van der Waals surface area contributed by atoms with Crippen molar-refractivity contribution in [1.29, 1.82) is 0 Å². The molecule has 1 saturated carbocycles. The lowest BCUT2D eigenvalue weighted by molar-refractivity contribution is -0.139. The molecule has 2 N–H and O–H groups in total. The van der Waals surface area contributed by atoms with Crippen molar-refractivity contribution in [3.63, 3.8) is 0 Å². The van der Waals surface area contributed by atoms with Crippen molar-refractivity contribution in [1.82, 2.24) is 5.32 Å². The van der Waals surface area contributed by atoms with Crippen molar-refractivity contribution >= 4 is 5.97 Å². The van der Waals surface area contributed by atoms with Gasteiger partial charge in [-0.1, -0.05) is 26.7 Å². The van der Waals surface area contributed by atoms with Gasteiger partial charge in [0.1, 0.15) is 6.04 Å². The lowest BCUT2D eigenvalue weighted by atomic mass is 10.0. The summed E-state index contributed by atoms with van der Waals surface area (Å²) in [6, 6.07) is -0.339. The molecule has 0 aromatic heterocycles. The number of aliphatic carboxylic acids is 1. The van der Waals surface area contributed by atoms with Gasteiger partial charge in [-0.15, -0.1) is 0 Å². The van der Waals surface area contributed by atoms with Crippen molar-refractivity contribution in [2.45, 2.75) is 58.4 Å². The first-order chi connectivity index (χ1) is 7.13. The molecular formula is C12H23NO2. The summed E-state index contributed by atoms with van der Waals surface area (Å²) in [4.78, 5) is 11.0. The van der Waals surface area contributed by atoms with Crippen LogP contribution >= 0.6 is 0 Å². The van der Waals surface area contributed by atoms with E-state index in [1.54, 1.807) is 0 Å². The van der Waals surface area contributed by atoms with Crippen LogP contribution in [0.4, 0.5) is 0 Å². The van der Waals surface area contributed by atoms with Gasteiger partial charge in [0.2, 0.25) is 0 Å². The molecule has 1 atom stereocenters. The highest BCUT2D eigenvalue weighted by Crippen LogP contribution is 2.47. The van der Waals surface area contributed by atoms with Crippen molar-refractivity contribution in [2.75, 3.05) is 6.54 Å². The predicted molar refractivity (Wildman–Crippen MR) is 60.9 cm³/mol. The average molecular weight is 213 g/mol. The average Bonchev–Trinajstić information content (AvgIpc) is 2.98. The number of carbonyl (C=O) groups is 1. The first-order valence-corrected chi connectivity index (χ1v) is 6.10. The quantitative estimate of drug-likeness (QED) is 0.651. The zero-order chi connectivity index (χ0) is 11.3. The molecule has 1 aliphatic rings. The number of hydrogen-bond acceptors (Lipinski definition) is 2. The minimum Gasteiger partial charge on any atom is -0.480 e. The van der Waals surface area contributed by atoms with Crippen molar-refractivity contribution in [3.05, 3.63) is 0 Å². The molecule has 0 radical (unpaired) electrons. The van der Waals surface area contributed by atoms with E-state index in [9.17, 15) is 4.79 Å². The van der Waals surface area contributed by atoms with Gasteiger partial charge in [-0.3, -0.25) is 4.79 Å². The molecule has 0 bridgehead atoms. The Balaban J connectivity index is 2.28. The Morgan fingerprint density at radius 3 is 2.53 bits per heavy atom. The van der Waals surface area contributed by atoms with E-state index in [0.717, 1.165) is 25.8 Å². The van der Waals surface area contributed by atoms with E-state index in [2.05, 4.69) is 19.2 Å². The smallest absolute Gasteiger partial charge is 0.320 e. The van der Waals surface area contributed by atoms with Gasteiger partial charge in [0.15, 0.2) is 0 Å². The summed E-state index contributed by atoms with van der Waals surface area (Å²) in [6.07, 6.45) is 6.49. The largest absolute Gasteiger partial charge is 0.480 e. The summed E-state index contributed by atoms with van der Waals surface area (Å²) >= 11 is 0. The highest BCUT2D eigenvalue weighted by atomic mass is 16.4. The molecule has 0 amide bonds. The predicted octanol–water partition coefficient (Wildman–Crippen LogP) is 2.41. The second-order valence-corrected chi connectivity index (χ2v) is 4.77. The Hall–Kier alpha value is -0.570. The van der Waals surface area contributed by atoms with Crippen LogP contribution in [0.15, 0.2) is 0 Å². The van der Waals surface area contributed by atoms with Crippen LogP contribution in [0.25, 0.3) is 0 Å². The number of rotatable bonds is 8. The van der Waals surface area contributed by atoms with E-state index >= 15 is 0 Å². The topological polar surface area (TPSA) is 49.3 Å². The first-order valence-electron chi connectivity index (χ1n) is 6.10. The van der Waals surface area contributed by atoms with Gasteiger partial charge in [0.25, 0.3) is 0 Å². The number of hydrogen-bond donors (Lipinski definition) is 2. The van der Waals surface area contributed by atoms with Gasteiger partial charge in [-0.25, -0.2) is 0 Å². The number of nitrogens with one attached hydrogen (secondary N) is 1. The van der Waals surface area contributed by atoms with Crippen LogP contribution in [0.1, 0.15) is 52.4 Å². The molecule has 0 aromatic carbocycles. The van der Waals surface area contributed by atoms with E-state index in [4.69, 9.17) is 5.11 Å². The maximum atomic E-state index is 11.0. The van der Waals surface area contributed by atoms with Crippen LogP contribution < -0.4 is 5.32 Å². The van der Waals surface area contributed by atoms with Gasteiger partial charge >= 0.3 is 5.97 Å². The van der Waals surface area contributed by atoms with Gasteiger partial charge in [0, 0.05) is 6.54 Å². The molecule has 1 rings (SSSR count). The maximum Gasteiger partial charge on any atom is 0.320 e. The van der Waals surface area contributed by atoms with Crippen LogP contribution in [0.3, 0.4) is 0 Å². The maximum absolute atomic E-state index is 11.0. The molecule has 15 heavy (non-hydrogen) atoms. The lowest BCUT2D eigenvalue weighted by Gasteiger charge is -2.18. The van der Waals surface area contributed by atoms with Gasteiger partial charge < -0.3 is 10.4 Å². The molecule has 0 saturated heterocycles. The fourth-order valence-electron chi connectivity index (χ4n) is 1.89. The Morgan fingerprint density at radius 1 is 1.47 bits per heavy atom. The molecule has 0 heterocycles. The summed E-state index contributed by atoms with van der Waals surface area (Å²) in [7, 11) is 0. The summed E-state index contributed by atoms with van der Waals surface area (Å²) in [6.45, 7) is 5.16. The minimum absolute atomic E-state index is 0.339. The third-order valence-corrected chi connectivity index (χ3v) is 3.58. The molecule has 3 nitrogen and oxygen atoms in total. The second-order valence-electron chi connectivity index (χ2n) is 4.77. The fourth-order valence-corrected chi connectivity index (χ4v) is 1.89. The standard InChI is InChI=1S/C12H23NO2/c1-3-5-6-10(11(14)15)13-9-12(4-2)7-8-12/h10,13H,3-9H2,1-2H3,(H,14,15). The van der Waals surface area contributed by atoms with Crippen LogP contribution in [-0.4, -0.2) is 23.7 Å². The Bertz CT molecular complexity index is 212. The molecule has 0 spiro atoms. The van der Waals surface area contributed by atoms with Crippen LogP contribution in [-0.2, 0) is 4.79 Å². The van der Waals surface area contributed by atoms with Gasteiger partial charge in [-0.2, -0.15) is 0 Å². The SMILES string of the molecule is CCCCC(NCC1(CC)CC1)C(=O)O. The minimum atomic E-state index is -0.699. The lowest BCUT2D eigenvalue weighted by Crippen LogP contribution is -2.39. The van der Waals surface area contributed by atoms with Crippen molar-refractivity contribution < 1.29 is 9.90 Å². The third kappa shape index (κ3) is 3.82. The van der Waals surface area contributed by atoms with E-state index in [0.29, 0.717) is 5.41 Å². The number of unbranched alkanes of at least 4 members (excludes halogenated alkanes) is 1. The molecule has 3 heteroatoms. The van der Waals surface area contributed by atoms with E-state index < -0.39 is 5.97 Å². The summed E-state index contributed by atoms with van der Waals surface area (Å²) in [5.41, 5.74) is 0.430. The molecule has 0 aliphatic heterocycles. The molecular weight excluding hydrogens is 190 g/mol. The van der Waals surface area contributed by atoms with Crippen LogP contribution in [0.5, 0.6) is 0 Å². The second kappa shape index (κ2) is 5.50. The molecule has 1 fully saturated rings. The van der Waals surface area contributed by atoms with Gasteiger partial charge in [0.05, 0.1) is 0 Å². The first kappa shape index (κ1) is 12.5. The molecule has 1 unspecified atom stereocenters. The summed E-state index contributed by atoms with van der Waals surface area (Å²) in [5.74, 6) is -0.699. The Morgan fingerprint density at radius 2 is 2.13 bits per heavy atom. The van der Waals surface area contributed by atoms with Crippen molar-refractivity contribution in [3.8, 4) is 0 Å². The Kier molecular flexibility index (Phi) is 4.58. The monoisotopic (exact) mass is 213 g/mol. The highest BCUT2D eigenvalue weighted by Gasteiger charge is 2.40. The fraction of sp³-hybridized carbons (Fsp3) is 0.917. The third-order valence-electron chi connectivity index (χ3n) is 3.58. The zero-order valence-electron chi connectivity index (χ0n) is 9.88. The molecule has 88 valence electrons. The van der Waals surface area contributed by atoms with E-state index in [1.807, 2.05) is 0 Å². The molecule has 1 aliphatic carbocycles. The Labute approximate surface area is 92.3 Å². The molecule has 0 aromatic rings. The van der Waals surface area contributed by atoms with Gasteiger partial charge in [-0.05, 0) is 31.1 Å². The van der Waals surface area contributed by atoms with Crippen LogP contribution in [0.2, 0.25) is 0 Å². The number of carboxylic acids is 1. The van der Waals surface area contributed by atoms with Crippen LogP contribution in [0, 0.1) is 5.41 Å². The zero-order valence-corrected chi connectivity index (χ0v) is 9.88. The number of carboxylic acid groups (broad SMARTS) is 1.